The summed E-state index contributed by atoms with van der Waals surface area (Å²) in [6.45, 7) is 5.83. The van der Waals surface area contributed by atoms with Crippen molar-refractivity contribution in [1.82, 2.24) is 19.7 Å². The first-order chi connectivity index (χ1) is 18.1. The van der Waals surface area contributed by atoms with Crippen LogP contribution in [-0.2, 0) is 47.1 Å². The van der Waals surface area contributed by atoms with Gasteiger partial charge in [-0.05, 0) is 60.9 Å². The summed E-state index contributed by atoms with van der Waals surface area (Å²) in [4.78, 5) is 34.4. The number of hydrogen-bond donors (Lipinski definition) is 1. The molecule has 0 saturated carbocycles. The lowest BCUT2D eigenvalue weighted by atomic mass is 9.92. The Kier molecular flexibility index (Phi) is 8.87. The number of rotatable bonds is 11. The molecule has 0 amide bonds. The number of carbonyl (C=O) groups excluding carboxylic acids is 2. The zero-order chi connectivity index (χ0) is 27.3. The second-order valence-corrected chi connectivity index (χ2v) is 11.9. The van der Waals surface area contributed by atoms with Gasteiger partial charge in [0, 0.05) is 39.8 Å². The van der Waals surface area contributed by atoms with Gasteiger partial charge in [0.05, 0.1) is 29.9 Å². The van der Waals surface area contributed by atoms with Crippen LogP contribution in [0, 0.1) is 0 Å². The third-order valence-corrected chi connectivity index (χ3v) is 7.36. The van der Waals surface area contributed by atoms with Crippen molar-refractivity contribution in [3.63, 3.8) is 0 Å². The molecular formula is C29H31ClN4O3S. The molecule has 0 unspecified atom stereocenters. The number of pyridine rings is 1. The Balaban J connectivity index is 1.40. The van der Waals surface area contributed by atoms with Gasteiger partial charge in [-0.1, -0.05) is 32.4 Å². The van der Waals surface area contributed by atoms with Gasteiger partial charge in [-0.25, -0.2) is 9.67 Å². The number of carbonyl (C=O) groups is 2. The van der Waals surface area contributed by atoms with Gasteiger partial charge in [-0.2, -0.15) is 5.10 Å². The highest BCUT2D eigenvalue weighted by atomic mass is 35.5. The maximum atomic E-state index is 13.1. The quantitative estimate of drug-likeness (QED) is 0.285. The summed E-state index contributed by atoms with van der Waals surface area (Å²) in [5, 5.41) is 15.2. The van der Waals surface area contributed by atoms with E-state index in [0.29, 0.717) is 10.7 Å². The Hall–Kier alpha value is -3.20. The number of halogens is 1. The molecular weight excluding hydrogens is 520 g/mol. The van der Waals surface area contributed by atoms with Crippen molar-refractivity contribution in [3.8, 4) is 5.69 Å². The molecule has 0 aliphatic heterocycles. The molecule has 4 rings (SSSR count). The summed E-state index contributed by atoms with van der Waals surface area (Å²) in [6.07, 6.45) is 5.73. The number of aliphatic hydroxyl groups is 1. The van der Waals surface area contributed by atoms with Crippen LogP contribution in [0.2, 0.25) is 5.02 Å². The topological polar surface area (TPSA) is 98.0 Å². The summed E-state index contributed by atoms with van der Waals surface area (Å²) in [7, 11) is 0. The maximum absolute atomic E-state index is 13.1. The van der Waals surface area contributed by atoms with Crippen LogP contribution in [0.3, 0.4) is 0 Å². The van der Waals surface area contributed by atoms with Gasteiger partial charge in [0.25, 0.3) is 0 Å². The summed E-state index contributed by atoms with van der Waals surface area (Å²) < 4.78 is 1.83. The van der Waals surface area contributed by atoms with Crippen molar-refractivity contribution in [2.45, 2.75) is 58.3 Å². The van der Waals surface area contributed by atoms with Crippen molar-refractivity contribution >= 4 is 34.5 Å². The van der Waals surface area contributed by atoms with Crippen LogP contribution in [0.15, 0.2) is 54.9 Å². The predicted octanol–water partition coefficient (Wildman–Crippen LogP) is 4.92. The molecule has 4 aromatic rings. The van der Waals surface area contributed by atoms with Crippen LogP contribution in [0.5, 0.6) is 0 Å². The number of benzene rings is 1. The first-order valence-electron chi connectivity index (χ1n) is 12.5. The van der Waals surface area contributed by atoms with Gasteiger partial charge < -0.3 is 5.11 Å². The van der Waals surface area contributed by atoms with E-state index >= 15 is 0 Å². The Bertz CT molecular complexity index is 1420. The van der Waals surface area contributed by atoms with E-state index in [4.69, 9.17) is 21.8 Å². The summed E-state index contributed by atoms with van der Waals surface area (Å²) in [6, 6.07) is 13.3. The standard InChI is InChI=1S/C29H31ClN4O3S/c1-29(2,3)27-15-23(34(33-27)22-7-5-20(30)6-8-22)14-24(36)16-28-32-17-26(38-28)9-4-19-10-11-31-21(12-19)13-25(37)18-35/h5-8,10-12,15,17,35H,4,9,13-14,16,18H2,1-3H3. The number of nitrogens with zero attached hydrogens (tertiary/aromatic N) is 4. The molecule has 9 heteroatoms. The van der Waals surface area contributed by atoms with E-state index in [-0.39, 0.29) is 36.2 Å². The molecule has 0 atom stereocenters. The lowest BCUT2D eigenvalue weighted by Gasteiger charge is -2.14. The monoisotopic (exact) mass is 550 g/mol. The van der Waals surface area contributed by atoms with Crippen molar-refractivity contribution in [2.75, 3.05) is 6.61 Å². The SMILES string of the molecule is CC(C)(C)c1cc(CC(=O)Cc2ncc(CCc3ccnc(CC(=O)CO)c3)s2)n(-c2ccc(Cl)cc2)n1. The molecule has 7 nitrogen and oxygen atoms in total. The number of ketones is 2. The molecule has 0 aliphatic rings. The van der Waals surface area contributed by atoms with E-state index in [1.165, 1.54) is 0 Å². The third kappa shape index (κ3) is 7.43. The minimum atomic E-state index is -0.477. The fourth-order valence-corrected chi connectivity index (χ4v) is 5.08. The highest BCUT2D eigenvalue weighted by molar-refractivity contribution is 7.11. The largest absolute Gasteiger partial charge is 0.389 e. The van der Waals surface area contributed by atoms with E-state index in [0.717, 1.165) is 45.4 Å². The summed E-state index contributed by atoms with van der Waals surface area (Å²) in [5.74, 6) is -0.175. The number of Topliss-reactive ketones (excluding diaryl/α,β-unsaturated/α-hetero) is 2. The van der Waals surface area contributed by atoms with Crippen molar-refractivity contribution in [1.29, 1.82) is 0 Å². The molecule has 0 spiro atoms. The van der Waals surface area contributed by atoms with E-state index in [1.54, 1.807) is 17.5 Å². The van der Waals surface area contributed by atoms with Crippen LogP contribution in [0.1, 0.15) is 53.3 Å². The van der Waals surface area contributed by atoms with Crippen molar-refractivity contribution < 1.29 is 14.7 Å². The zero-order valence-electron chi connectivity index (χ0n) is 21.8. The van der Waals surface area contributed by atoms with E-state index in [2.05, 4.69) is 30.7 Å². The lowest BCUT2D eigenvalue weighted by molar-refractivity contribution is -0.121. The lowest BCUT2D eigenvalue weighted by Crippen LogP contribution is -2.13. The van der Waals surface area contributed by atoms with Crippen molar-refractivity contribution in [3.05, 3.63) is 92.4 Å². The Labute approximate surface area is 231 Å². The Morgan fingerprint density at radius 3 is 2.45 bits per heavy atom. The van der Waals surface area contributed by atoms with Gasteiger partial charge >= 0.3 is 0 Å². The van der Waals surface area contributed by atoms with Crippen molar-refractivity contribution in [2.24, 2.45) is 0 Å². The van der Waals surface area contributed by atoms with Crippen LogP contribution in [0.4, 0.5) is 0 Å². The second kappa shape index (κ2) is 12.1. The molecule has 1 aromatic carbocycles. The molecule has 38 heavy (non-hydrogen) atoms. The van der Waals surface area contributed by atoms with Gasteiger partial charge in [0.2, 0.25) is 0 Å². The normalized spacial score (nSPS) is 11.6. The average Bonchev–Trinajstić information content (AvgIpc) is 3.50. The third-order valence-electron chi connectivity index (χ3n) is 6.05. The van der Waals surface area contributed by atoms with E-state index < -0.39 is 6.61 Å². The van der Waals surface area contributed by atoms with Crippen LogP contribution in [-0.4, -0.2) is 43.0 Å². The molecule has 0 aliphatic carbocycles. The number of thiazole rings is 1. The Morgan fingerprint density at radius 1 is 0.974 bits per heavy atom. The fourth-order valence-electron chi connectivity index (χ4n) is 4.00. The minimum absolute atomic E-state index is 0.0776. The van der Waals surface area contributed by atoms with Crippen LogP contribution >= 0.6 is 22.9 Å². The number of aromatic nitrogens is 4. The molecule has 3 heterocycles. The smallest absolute Gasteiger partial charge is 0.164 e. The molecule has 0 saturated heterocycles. The van der Waals surface area contributed by atoms with Gasteiger partial charge in [0.1, 0.15) is 17.4 Å². The average molecular weight is 551 g/mol. The summed E-state index contributed by atoms with van der Waals surface area (Å²) >= 11 is 7.62. The fraction of sp³-hybridized carbons (Fsp3) is 0.345. The maximum Gasteiger partial charge on any atom is 0.164 e. The molecule has 3 aromatic heterocycles. The van der Waals surface area contributed by atoms with Gasteiger partial charge in [-0.3, -0.25) is 14.6 Å². The highest BCUT2D eigenvalue weighted by Crippen LogP contribution is 2.25. The number of hydrogen-bond acceptors (Lipinski definition) is 7. The Morgan fingerprint density at radius 2 is 1.74 bits per heavy atom. The van der Waals surface area contributed by atoms with Gasteiger partial charge in [0.15, 0.2) is 5.78 Å². The van der Waals surface area contributed by atoms with Crippen LogP contribution < -0.4 is 0 Å². The van der Waals surface area contributed by atoms with E-state index in [9.17, 15) is 9.59 Å². The molecule has 1 N–H and O–H groups in total. The second-order valence-electron chi connectivity index (χ2n) is 10.3. The first-order valence-corrected chi connectivity index (χ1v) is 13.7. The minimum Gasteiger partial charge on any atom is -0.389 e. The molecule has 198 valence electrons. The number of aliphatic hydroxyl groups excluding tert-OH is 1. The van der Waals surface area contributed by atoms with Gasteiger partial charge in [-0.15, -0.1) is 11.3 Å². The van der Waals surface area contributed by atoms with E-state index in [1.807, 2.05) is 53.3 Å². The molecule has 0 fully saturated rings. The zero-order valence-corrected chi connectivity index (χ0v) is 23.3. The summed E-state index contributed by atoms with van der Waals surface area (Å²) in [5.41, 5.74) is 4.20. The first kappa shape index (κ1) is 27.8. The predicted molar refractivity (Wildman–Crippen MR) is 149 cm³/mol. The molecule has 0 radical (unpaired) electrons. The highest BCUT2D eigenvalue weighted by Gasteiger charge is 2.22. The molecule has 0 bridgehead atoms. The van der Waals surface area contributed by atoms with Crippen LogP contribution in [0.25, 0.3) is 5.69 Å². The number of aryl methyl sites for hydroxylation is 2.